The number of halogens is 2. The zero-order valence-corrected chi connectivity index (χ0v) is 25.3. The number of carbonyl (C=O) groups excluding carboxylic acids is 1. The molecule has 2 aromatic heterocycles. The third kappa shape index (κ3) is 5.61. The van der Waals surface area contributed by atoms with Gasteiger partial charge in [0.25, 0.3) is 0 Å². The van der Waals surface area contributed by atoms with E-state index in [0.29, 0.717) is 44.3 Å². The van der Waals surface area contributed by atoms with E-state index in [2.05, 4.69) is 15.3 Å². The fourth-order valence-corrected chi connectivity index (χ4v) is 5.62. The minimum atomic E-state index is -3.92. The second-order valence-corrected chi connectivity index (χ2v) is 11.9. The highest BCUT2D eigenvalue weighted by atomic mass is 35.5. The van der Waals surface area contributed by atoms with Crippen LogP contribution >= 0.6 is 23.2 Å². The highest BCUT2D eigenvalue weighted by Gasteiger charge is 2.26. The Morgan fingerprint density at radius 1 is 0.976 bits per heavy atom. The van der Waals surface area contributed by atoms with Crippen molar-refractivity contribution in [2.45, 2.75) is 25.7 Å². The first-order chi connectivity index (χ1) is 19.8. The molecule has 42 heavy (non-hydrogen) atoms. The second kappa shape index (κ2) is 11.2. The molecule has 2 heterocycles. The molecule has 216 valence electrons. The Balaban J connectivity index is 1.61. The van der Waals surface area contributed by atoms with Gasteiger partial charge in [-0.2, -0.15) is 4.98 Å². The highest BCUT2D eigenvalue weighted by molar-refractivity contribution is 7.89. The molecule has 0 atom stereocenters. The molecular formula is C28H26Cl2N8O3S. The van der Waals surface area contributed by atoms with E-state index in [9.17, 15) is 13.2 Å². The van der Waals surface area contributed by atoms with Gasteiger partial charge in [0.1, 0.15) is 0 Å². The van der Waals surface area contributed by atoms with E-state index in [1.54, 1.807) is 66.3 Å². The molecule has 5 aromatic rings. The predicted octanol–water partition coefficient (Wildman–Crippen LogP) is 5.73. The number of primary sulfonamides is 1. The number of carbonyl (C=O) groups is 1. The number of para-hydroxylation sites is 1. The number of nitrogens with two attached hydrogens (primary N) is 1. The standard InChI is InChI=1S/C28H26Cl2N8O3S/c1-16-8-9-19(14-24(16)42(31,40)41)33-27-32-13-12-25(34-27)36(4)38-23-7-5-6-17(2)26(23)35-28(38)37(18(3)39)20-10-11-21(29)22(30)15-20/h5-15H,1-4H3,(H2,31,40,41)(H,32,33,34). The summed E-state index contributed by atoms with van der Waals surface area (Å²) in [6.45, 7) is 5.03. The third-order valence-electron chi connectivity index (χ3n) is 6.55. The van der Waals surface area contributed by atoms with Crippen LogP contribution in [0.1, 0.15) is 18.1 Å². The fraction of sp³-hybridized carbons (Fsp3) is 0.143. The molecule has 0 aliphatic rings. The van der Waals surface area contributed by atoms with Gasteiger partial charge in [0.05, 0.1) is 31.7 Å². The zero-order chi connectivity index (χ0) is 30.3. The molecule has 3 N–H and O–H groups in total. The number of anilines is 5. The molecule has 0 bridgehead atoms. The lowest BCUT2D eigenvalue weighted by Crippen LogP contribution is -2.33. The number of aromatic nitrogens is 4. The van der Waals surface area contributed by atoms with Crippen molar-refractivity contribution < 1.29 is 13.2 Å². The normalized spacial score (nSPS) is 11.5. The molecule has 0 spiro atoms. The number of nitrogens with zero attached hydrogens (tertiary/aromatic N) is 6. The van der Waals surface area contributed by atoms with Gasteiger partial charge in [-0.3, -0.25) is 9.80 Å². The maximum Gasteiger partial charge on any atom is 0.238 e. The van der Waals surface area contributed by atoms with Crippen LogP contribution in [0.15, 0.2) is 71.8 Å². The average molecular weight is 626 g/mol. The van der Waals surface area contributed by atoms with Gasteiger partial charge >= 0.3 is 0 Å². The first kappa shape index (κ1) is 29.3. The number of imidazole rings is 1. The van der Waals surface area contributed by atoms with Gasteiger partial charge in [0, 0.05) is 31.9 Å². The minimum absolute atomic E-state index is 0.00250. The molecule has 0 saturated heterocycles. The SMILES string of the molecule is CC(=O)N(c1ccc(Cl)c(Cl)c1)c1nc2c(C)cccc2n1N(C)c1ccnc(Nc2ccc(C)c(S(N)(=O)=O)c2)n1. The van der Waals surface area contributed by atoms with Gasteiger partial charge in [0.15, 0.2) is 5.82 Å². The van der Waals surface area contributed by atoms with E-state index < -0.39 is 10.0 Å². The van der Waals surface area contributed by atoms with Crippen molar-refractivity contribution in [3.63, 3.8) is 0 Å². The number of benzene rings is 3. The molecule has 0 radical (unpaired) electrons. The Bertz CT molecular complexity index is 1960. The van der Waals surface area contributed by atoms with Gasteiger partial charge in [-0.1, -0.05) is 41.4 Å². The van der Waals surface area contributed by atoms with Crippen LogP contribution in [0, 0.1) is 13.8 Å². The largest absolute Gasteiger partial charge is 0.324 e. The molecule has 0 aliphatic carbocycles. The summed E-state index contributed by atoms with van der Waals surface area (Å²) in [4.78, 5) is 28.3. The van der Waals surface area contributed by atoms with Crippen molar-refractivity contribution in [1.82, 2.24) is 19.6 Å². The maximum atomic E-state index is 13.1. The quantitative estimate of drug-likeness (QED) is 0.234. The van der Waals surface area contributed by atoms with Crippen molar-refractivity contribution in [1.29, 1.82) is 0 Å². The second-order valence-electron chi connectivity index (χ2n) is 9.53. The van der Waals surface area contributed by atoms with E-state index in [0.717, 1.165) is 11.1 Å². The van der Waals surface area contributed by atoms with Crippen LogP contribution in [0.3, 0.4) is 0 Å². The maximum absolute atomic E-state index is 13.1. The van der Waals surface area contributed by atoms with E-state index in [1.807, 2.05) is 25.1 Å². The van der Waals surface area contributed by atoms with Crippen LogP contribution < -0.4 is 20.4 Å². The van der Waals surface area contributed by atoms with Gasteiger partial charge < -0.3 is 5.32 Å². The van der Waals surface area contributed by atoms with Crippen LogP contribution in [0.2, 0.25) is 10.0 Å². The van der Waals surface area contributed by atoms with Crippen LogP contribution in [0.4, 0.5) is 29.1 Å². The van der Waals surface area contributed by atoms with Crippen molar-refractivity contribution >= 4 is 79.3 Å². The summed E-state index contributed by atoms with van der Waals surface area (Å²) in [5, 5.41) is 10.8. The van der Waals surface area contributed by atoms with E-state index in [4.69, 9.17) is 33.3 Å². The van der Waals surface area contributed by atoms with Crippen molar-refractivity contribution in [3.8, 4) is 0 Å². The number of sulfonamides is 1. The Morgan fingerprint density at radius 3 is 2.43 bits per heavy atom. The Hall–Kier alpha value is -4.23. The molecule has 14 heteroatoms. The summed E-state index contributed by atoms with van der Waals surface area (Å²) >= 11 is 12.5. The van der Waals surface area contributed by atoms with E-state index in [-0.39, 0.29) is 16.8 Å². The van der Waals surface area contributed by atoms with E-state index >= 15 is 0 Å². The molecule has 0 unspecified atom stereocenters. The topological polar surface area (TPSA) is 139 Å². The first-order valence-corrected chi connectivity index (χ1v) is 14.9. The molecule has 0 fully saturated rings. The minimum Gasteiger partial charge on any atom is -0.324 e. The molecule has 3 aromatic carbocycles. The van der Waals surface area contributed by atoms with Crippen LogP contribution in [0.25, 0.3) is 11.0 Å². The monoisotopic (exact) mass is 624 g/mol. The average Bonchev–Trinajstić information content (AvgIpc) is 3.31. The van der Waals surface area contributed by atoms with Crippen molar-refractivity contribution in [2.24, 2.45) is 5.14 Å². The Kier molecular flexibility index (Phi) is 7.82. The summed E-state index contributed by atoms with van der Waals surface area (Å²) in [6, 6.07) is 17.1. The van der Waals surface area contributed by atoms with Gasteiger partial charge in [-0.05, 0) is 61.4 Å². The number of rotatable bonds is 7. The van der Waals surface area contributed by atoms with Crippen LogP contribution in [-0.2, 0) is 14.8 Å². The van der Waals surface area contributed by atoms with Gasteiger partial charge in [-0.25, -0.2) is 33.1 Å². The number of hydrogen-bond acceptors (Lipinski definition) is 8. The predicted molar refractivity (Wildman–Crippen MR) is 165 cm³/mol. The van der Waals surface area contributed by atoms with Crippen LogP contribution in [-0.4, -0.2) is 41.0 Å². The molecular weight excluding hydrogens is 599 g/mol. The molecule has 0 saturated carbocycles. The third-order valence-corrected chi connectivity index (χ3v) is 8.34. The van der Waals surface area contributed by atoms with Gasteiger partial charge in [0.2, 0.25) is 27.8 Å². The lowest BCUT2D eigenvalue weighted by atomic mass is 10.2. The van der Waals surface area contributed by atoms with Crippen molar-refractivity contribution in [2.75, 3.05) is 22.3 Å². The molecule has 5 rings (SSSR count). The zero-order valence-electron chi connectivity index (χ0n) is 23.0. The smallest absolute Gasteiger partial charge is 0.238 e. The number of hydrogen-bond donors (Lipinski definition) is 2. The molecule has 0 aliphatic heterocycles. The fourth-order valence-electron chi connectivity index (χ4n) is 4.52. The summed E-state index contributed by atoms with van der Waals surface area (Å²) < 4.78 is 25.8. The highest BCUT2D eigenvalue weighted by Crippen LogP contribution is 2.35. The van der Waals surface area contributed by atoms with Gasteiger partial charge in [-0.15, -0.1) is 0 Å². The van der Waals surface area contributed by atoms with Crippen molar-refractivity contribution in [3.05, 3.63) is 88.0 Å². The number of amides is 1. The Morgan fingerprint density at radius 2 is 1.74 bits per heavy atom. The lowest BCUT2D eigenvalue weighted by molar-refractivity contribution is -0.115. The number of fused-ring (bicyclic) bond motifs is 1. The summed E-state index contributed by atoms with van der Waals surface area (Å²) in [5.74, 6) is 0.660. The summed E-state index contributed by atoms with van der Waals surface area (Å²) in [5.41, 5.74) is 3.76. The first-order valence-electron chi connectivity index (χ1n) is 12.6. The number of nitrogens with one attached hydrogen (secondary N) is 1. The Labute approximate surface area is 252 Å². The summed E-state index contributed by atoms with van der Waals surface area (Å²) in [7, 11) is -2.14. The number of aryl methyl sites for hydroxylation is 2. The molecule has 11 nitrogen and oxygen atoms in total. The summed E-state index contributed by atoms with van der Waals surface area (Å²) in [6.07, 6.45) is 1.56. The van der Waals surface area contributed by atoms with E-state index in [1.165, 1.54) is 17.9 Å². The molecule has 1 amide bonds. The lowest BCUT2D eigenvalue weighted by Gasteiger charge is -2.27. The van der Waals surface area contributed by atoms with Crippen LogP contribution in [0.5, 0.6) is 0 Å².